The molecule has 0 radical (unpaired) electrons. The van der Waals surface area contributed by atoms with Crippen LogP contribution in [0.25, 0.3) is 0 Å². The van der Waals surface area contributed by atoms with Crippen LogP contribution in [0.3, 0.4) is 0 Å². The summed E-state index contributed by atoms with van der Waals surface area (Å²) in [7, 11) is 0. The third-order valence-electron chi connectivity index (χ3n) is 3.68. The van der Waals surface area contributed by atoms with Gasteiger partial charge in [-0.3, -0.25) is 9.59 Å². The van der Waals surface area contributed by atoms with E-state index in [1.807, 2.05) is 0 Å². The van der Waals surface area contributed by atoms with E-state index in [2.05, 4.69) is 31.8 Å². The molecule has 2 rings (SSSR count). The van der Waals surface area contributed by atoms with Gasteiger partial charge in [0.15, 0.2) is 0 Å². The number of carbonyl (C=O) groups excluding carboxylic acids is 2. The predicted octanol–water partition coefficient (Wildman–Crippen LogP) is 2.36. The largest absolute Gasteiger partial charge is 0.508 e. The first-order chi connectivity index (χ1) is 12.3. The highest BCUT2D eigenvalue weighted by Gasteiger charge is 2.12. The summed E-state index contributed by atoms with van der Waals surface area (Å²) in [6.07, 6.45) is 1.28. The predicted molar refractivity (Wildman–Crippen MR) is 101 cm³/mol. The minimum Gasteiger partial charge on any atom is -0.508 e. The molecule has 0 atom stereocenters. The summed E-state index contributed by atoms with van der Waals surface area (Å²) < 4.78 is 0.629. The summed E-state index contributed by atoms with van der Waals surface area (Å²) in [4.78, 5) is 23.8. The fourth-order valence-corrected chi connectivity index (χ4v) is 2.64. The van der Waals surface area contributed by atoms with E-state index in [1.165, 1.54) is 12.3 Å². The summed E-state index contributed by atoms with van der Waals surface area (Å²) in [5.41, 5.74) is 4.00. The number of phenols is 2. The van der Waals surface area contributed by atoms with Gasteiger partial charge in [0.1, 0.15) is 11.5 Å². The van der Waals surface area contributed by atoms with Crippen LogP contribution in [0, 0.1) is 13.8 Å². The highest BCUT2D eigenvalue weighted by Crippen LogP contribution is 2.31. The third-order valence-corrected chi connectivity index (χ3v) is 4.37. The molecule has 0 aliphatic carbocycles. The van der Waals surface area contributed by atoms with Crippen molar-refractivity contribution < 1.29 is 19.8 Å². The number of hydrazone groups is 1. The van der Waals surface area contributed by atoms with Gasteiger partial charge in [0.05, 0.1) is 18.3 Å². The summed E-state index contributed by atoms with van der Waals surface area (Å²) in [5, 5.41) is 25.9. The highest BCUT2D eigenvalue weighted by molar-refractivity contribution is 9.10. The minimum absolute atomic E-state index is 0.0176. The van der Waals surface area contributed by atoms with Gasteiger partial charge in [-0.05, 0) is 53.5 Å². The number of amides is 2. The number of nitrogens with one attached hydrogen (secondary N) is 2. The maximum Gasteiger partial charge on any atom is 0.259 e. The number of phenolic OH excluding ortho intramolecular Hbond substituents is 2. The molecule has 0 fully saturated rings. The van der Waals surface area contributed by atoms with Crippen LogP contribution in [0.5, 0.6) is 11.5 Å². The second-order valence-electron chi connectivity index (χ2n) is 5.56. The highest BCUT2D eigenvalue weighted by atomic mass is 79.9. The van der Waals surface area contributed by atoms with Gasteiger partial charge in [0.25, 0.3) is 11.8 Å². The van der Waals surface area contributed by atoms with Crippen LogP contribution in [0.2, 0.25) is 0 Å². The van der Waals surface area contributed by atoms with Crippen LogP contribution in [0.4, 0.5) is 0 Å². The average molecular weight is 420 g/mol. The second kappa shape index (κ2) is 8.48. The normalized spacial score (nSPS) is 10.7. The van der Waals surface area contributed by atoms with Crippen LogP contribution in [0.15, 0.2) is 39.9 Å². The van der Waals surface area contributed by atoms with Crippen LogP contribution >= 0.6 is 15.9 Å². The number of nitrogens with zero attached hydrogens (tertiary/aromatic N) is 1. The number of halogens is 1. The molecule has 7 nitrogen and oxygen atoms in total. The lowest BCUT2D eigenvalue weighted by molar-refractivity contribution is -0.120. The maximum absolute atomic E-state index is 12.0. The minimum atomic E-state index is -0.519. The molecule has 0 saturated heterocycles. The van der Waals surface area contributed by atoms with Crippen molar-refractivity contribution in [3.05, 3.63) is 57.1 Å². The number of rotatable bonds is 5. The van der Waals surface area contributed by atoms with E-state index in [1.54, 1.807) is 38.1 Å². The van der Waals surface area contributed by atoms with Gasteiger partial charge in [-0.2, -0.15) is 5.10 Å². The van der Waals surface area contributed by atoms with Crippen molar-refractivity contribution >= 4 is 34.0 Å². The second-order valence-corrected chi connectivity index (χ2v) is 6.41. The fourth-order valence-electron chi connectivity index (χ4n) is 2.17. The Morgan fingerprint density at radius 2 is 1.92 bits per heavy atom. The van der Waals surface area contributed by atoms with E-state index in [4.69, 9.17) is 0 Å². The number of hydrogen-bond donors (Lipinski definition) is 4. The van der Waals surface area contributed by atoms with Crippen LogP contribution < -0.4 is 10.7 Å². The number of benzene rings is 2. The molecule has 4 N–H and O–H groups in total. The van der Waals surface area contributed by atoms with Gasteiger partial charge < -0.3 is 15.5 Å². The van der Waals surface area contributed by atoms with Gasteiger partial charge in [-0.15, -0.1) is 0 Å². The van der Waals surface area contributed by atoms with E-state index in [0.717, 1.165) is 0 Å². The van der Waals surface area contributed by atoms with Crippen LogP contribution in [0.1, 0.15) is 27.0 Å². The average Bonchev–Trinajstić information content (AvgIpc) is 2.61. The molecule has 2 aromatic rings. The molecule has 0 aliphatic heterocycles. The van der Waals surface area contributed by atoms with Gasteiger partial charge in [0, 0.05) is 15.6 Å². The Hall–Kier alpha value is -2.87. The lowest BCUT2D eigenvalue weighted by atomic mass is 10.0. The number of aryl methyl sites for hydroxylation is 1. The monoisotopic (exact) mass is 419 g/mol. The van der Waals surface area contributed by atoms with Crippen molar-refractivity contribution in [3.8, 4) is 11.5 Å². The fraction of sp³-hybridized carbons (Fsp3) is 0.167. The van der Waals surface area contributed by atoms with E-state index in [-0.39, 0.29) is 24.0 Å². The van der Waals surface area contributed by atoms with E-state index < -0.39 is 5.91 Å². The Morgan fingerprint density at radius 3 is 2.62 bits per heavy atom. The molecule has 0 aromatic heterocycles. The zero-order chi connectivity index (χ0) is 19.3. The van der Waals surface area contributed by atoms with Crippen LogP contribution in [-0.4, -0.2) is 34.8 Å². The summed E-state index contributed by atoms with van der Waals surface area (Å²) >= 11 is 3.27. The van der Waals surface area contributed by atoms with Crippen molar-refractivity contribution in [1.29, 1.82) is 0 Å². The van der Waals surface area contributed by atoms with Gasteiger partial charge in [-0.25, -0.2) is 5.43 Å². The van der Waals surface area contributed by atoms with Gasteiger partial charge >= 0.3 is 0 Å². The van der Waals surface area contributed by atoms with E-state index >= 15 is 0 Å². The molecular formula is C18H18BrN3O4. The molecule has 26 heavy (non-hydrogen) atoms. The zero-order valence-corrected chi connectivity index (χ0v) is 15.8. The number of carbonyl (C=O) groups is 2. The molecule has 0 spiro atoms. The molecule has 8 heteroatoms. The Kier molecular flexibility index (Phi) is 6.35. The SMILES string of the molecule is Cc1cc(O)c(C)c(O)c1C=NNC(=O)CNC(=O)c1ccccc1Br. The first kappa shape index (κ1) is 19.5. The summed E-state index contributed by atoms with van der Waals surface area (Å²) in [5.74, 6) is -1.03. The van der Waals surface area contributed by atoms with Gasteiger partial charge in [-0.1, -0.05) is 12.1 Å². The molecular weight excluding hydrogens is 402 g/mol. The first-order valence-electron chi connectivity index (χ1n) is 7.68. The van der Waals surface area contributed by atoms with E-state index in [0.29, 0.717) is 26.7 Å². The molecule has 2 aromatic carbocycles. The topological polar surface area (TPSA) is 111 Å². The quantitative estimate of drug-likeness (QED) is 0.440. The molecule has 2 amide bonds. The molecule has 136 valence electrons. The Balaban J connectivity index is 1.93. The number of aromatic hydroxyl groups is 2. The first-order valence-corrected chi connectivity index (χ1v) is 8.47. The van der Waals surface area contributed by atoms with Crippen molar-refractivity contribution in [2.45, 2.75) is 13.8 Å². The summed E-state index contributed by atoms with van der Waals surface area (Å²) in [6, 6.07) is 8.36. The lowest BCUT2D eigenvalue weighted by Crippen LogP contribution is -2.35. The standard InChI is InChI=1S/C18H18BrN3O4/c1-10-7-15(23)11(2)17(25)13(10)8-21-22-16(24)9-20-18(26)12-5-3-4-6-14(12)19/h3-8,23,25H,9H2,1-2H3,(H,20,26)(H,22,24). The van der Waals surface area contributed by atoms with Crippen molar-refractivity contribution in [1.82, 2.24) is 10.7 Å². The zero-order valence-electron chi connectivity index (χ0n) is 14.2. The smallest absolute Gasteiger partial charge is 0.259 e. The molecule has 0 bridgehead atoms. The van der Waals surface area contributed by atoms with Crippen molar-refractivity contribution in [3.63, 3.8) is 0 Å². The third kappa shape index (κ3) is 4.60. The molecule has 0 unspecified atom stereocenters. The lowest BCUT2D eigenvalue weighted by Gasteiger charge is -2.09. The van der Waals surface area contributed by atoms with E-state index in [9.17, 15) is 19.8 Å². The number of hydrogen-bond acceptors (Lipinski definition) is 5. The maximum atomic E-state index is 12.0. The Labute approximate surface area is 158 Å². The molecule has 0 heterocycles. The molecule has 0 saturated carbocycles. The van der Waals surface area contributed by atoms with Crippen LogP contribution in [-0.2, 0) is 4.79 Å². The van der Waals surface area contributed by atoms with Gasteiger partial charge in [0.2, 0.25) is 0 Å². The summed E-state index contributed by atoms with van der Waals surface area (Å²) in [6.45, 7) is 3.01. The Morgan fingerprint density at radius 1 is 1.23 bits per heavy atom. The Bertz CT molecular complexity index is 881. The molecule has 0 aliphatic rings. The van der Waals surface area contributed by atoms with Crippen molar-refractivity contribution in [2.75, 3.05) is 6.54 Å². The van der Waals surface area contributed by atoms with Crippen molar-refractivity contribution in [2.24, 2.45) is 5.10 Å².